The van der Waals surface area contributed by atoms with Gasteiger partial charge in [-0.1, -0.05) is 38.0 Å². The van der Waals surface area contributed by atoms with Gasteiger partial charge in [-0.15, -0.1) is 11.8 Å². The van der Waals surface area contributed by atoms with E-state index in [4.69, 9.17) is 5.73 Å². The van der Waals surface area contributed by atoms with Crippen LogP contribution in [0, 0.1) is 11.8 Å². The summed E-state index contributed by atoms with van der Waals surface area (Å²) in [5.41, 5.74) is 7.96. The zero-order chi connectivity index (χ0) is 13.9. The Hall–Kier alpha value is -0.470. The highest BCUT2D eigenvalue weighted by Crippen LogP contribution is 2.42. The SMILES string of the molecule is CCCC1CCC(N)C(CC2Cc3ccccc3S2)C1. The summed E-state index contributed by atoms with van der Waals surface area (Å²) in [6.07, 6.45) is 9.30. The van der Waals surface area contributed by atoms with Crippen molar-refractivity contribution in [2.75, 3.05) is 0 Å². The third kappa shape index (κ3) is 3.23. The summed E-state index contributed by atoms with van der Waals surface area (Å²) in [6.45, 7) is 2.31. The summed E-state index contributed by atoms with van der Waals surface area (Å²) < 4.78 is 0. The predicted octanol–water partition coefficient (Wildman–Crippen LogP) is 4.64. The summed E-state index contributed by atoms with van der Waals surface area (Å²) in [6, 6.07) is 9.36. The van der Waals surface area contributed by atoms with Crippen molar-refractivity contribution in [2.45, 2.75) is 68.1 Å². The first-order chi connectivity index (χ1) is 9.76. The van der Waals surface area contributed by atoms with E-state index in [1.165, 1.54) is 49.8 Å². The number of thioether (sulfide) groups is 1. The van der Waals surface area contributed by atoms with Gasteiger partial charge >= 0.3 is 0 Å². The Kier molecular flexibility index (Phi) is 4.72. The molecule has 1 aromatic rings. The largest absolute Gasteiger partial charge is 0.327 e. The molecule has 2 N–H and O–H groups in total. The molecular formula is C18H27NS. The monoisotopic (exact) mass is 289 g/mol. The lowest BCUT2D eigenvalue weighted by Gasteiger charge is -2.35. The van der Waals surface area contributed by atoms with Gasteiger partial charge in [0.1, 0.15) is 0 Å². The van der Waals surface area contributed by atoms with Gasteiger partial charge in [-0.25, -0.2) is 0 Å². The van der Waals surface area contributed by atoms with Crippen LogP contribution in [0.25, 0.3) is 0 Å². The van der Waals surface area contributed by atoms with Gasteiger partial charge in [0.15, 0.2) is 0 Å². The Balaban J connectivity index is 1.58. The van der Waals surface area contributed by atoms with Crippen molar-refractivity contribution in [3.8, 4) is 0 Å². The smallest absolute Gasteiger partial charge is 0.0138 e. The van der Waals surface area contributed by atoms with Crippen molar-refractivity contribution >= 4 is 11.8 Å². The van der Waals surface area contributed by atoms with Crippen LogP contribution in [0.15, 0.2) is 29.2 Å². The number of rotatable bonds is 4. The molecule has 4 unspecified atom stereocenters. The standard InChI is InChI=1S/C18H27NS/c1-2-5-13-8-9-17(19)15(10-13)12-16-11-14-6-3-4-7-18(14)20-16/h3-4,6-7,13,15-17H,2,5,8-12,19H2,1H3. The molecule has 1 heterocycles. The molecule has 0 spiro atoms. The van der Waals surface area contributed by atoms with Crippen LogP contribution < -0.4 is 5.73 Å². The Morgan fingerprint density at radius 3 is 2.90 bits per heavy atom. The van der Waals surface area contributed by atoms with Crippen LogP contribution in [-0.2, 0) is 6.42 Å². The third-order valence-corrected chi connectivity index (χ3v) is 6.47. The molecule has 1 aliphatic heterocycles. The van der Waals surface area contributed by atoms with E-state index in [0.717, 1.165) is 17.1 Å². The van der Waals surface area contributed by atoms with Crippen molar-refractivity contribution in [1.29, 1.82) is 0 Å². The summed E-state index contributed by atoms with van der Waals surface area (Å²) in [5.74, 6) is 1.70. The maximum Gasteiger partial charge on any atom is 0.0138 e. The van der Waals surface area contributed by atoms with Crippen LogP contribution in [0.1, 0.15) is 51.0 Å². The van der Waals surface area contributed by atoms with Gasteiger partial charge < -0.3 is 5.73 Å². The third-order valence-electron chi connectivity index (χ3n) is 5.13. The lowest BCUT2D eigenvalue weighted by atomic mass is 9.74. The van der Waals surface area contributed by atoms with E-state index in [0.29, 0.717) is 6.04 Å². The fraction of sp³-hybridized carbons (Fsp3) is 0.667. The van der Waals surface area contributed by atoms with Crippen molar-refractivity contribution in [3.05, 3.63) is 29.8 Å². The quantitative estimate of drug-likeness (QED) is 0.874. The minimum Gasteiger partial charge on any atom is -0.327 e. The number of benzene rings is 1. The van der Waals surface area contributed by atoms with E-state index < -0.39 is 0 Å². The maximum absolute atomic E-state index is 6.41. The minimum absolute atomic E-state index is 0.451. The van der Waals surface area contributed by atoms with Gasteiger partial charge in [0.25, 0.3) is 0 Å². The zero-order valence-electron chi connectivity index (χ0n) is 12.6. The minimum atomic E-state index is 0.451. The number of nitrogens with two attached hydrogens (primary N) is 1. The van der Waals surface area contributed by atoms with Crippen molar-refractivity contribution in [3.63, 3.8) is 0 Å². The molecule has 3 rings (SSSR count). The van der Waals surface area contributed by atoms with E-state index >= 15 is 0 Å². The molecule has 1 aromatic carbocycles. The molecule has 4 atom stereocenters. The van der Waals surface area contributed by atoms with E-state index in [9.17, 15) is 0 Å². The van der Waals surface area contributed by atoms with Gasteiger partial charge in [0.2, 0.25) is 0 Å². The number of hydrogen-bond acceptors (Lipinski definition) is 2. The molecule has 2 heteroatoms. The molecule has 1 aliphatic carbocycles. The van der Waals surface area contributed by atoms with Crippen molar-refractivity contribution in [1.82, 2.24) is 0 Å². The lowest BCUT2D eigenvalue weighted by molar-refractivity contribution is 0.212. The molecule has 0 bridgehead atoms. The van der Waals surface area contributed by atoms with Crippen LogP contribution in [0.4, 0.5) is 0 Å². The average molecular weight is 289 g/mol. The predicted molar refractivity (Wildman–Crippen MR) is 88.1 cm³/mol. The Labute approximate surface area is 127 Å². The van der Waals surface area contributed by atoms with Gasteiger partial charge in [0, 0.05) is 16.2 Å². The highest BCUT2D eigenvalue weighted by molar-refractivity contribution is 8.00. The lowest BCUT2D eigenvalue weighted by Crippen LogP contribution is -2.37. The molecular weight excluding hydrogens is 262 g/mol. The van der Waals surface area contributed by atoms with Crippen LogP contribution >= 0.6 is 11.8 Å². The molecule has 1 saturated carbocycles. The first kappa shape index (κ1) is 14.5. The Morgan fingerprint density at radius 1 is 1.25 bits per heavy atom. The van der Waals surface area contributed by atoms with E-state index in [2.05, 4.69) is 43.0 Å². The normalized spacial score (nSPS) is 33.1. The maximum atomic E-state index is 6.41. The number of fused-ring (bicyclic) bond motifs is 1. The first-order valence-electron chi connectivity index (χ1n) is 8.26. The number of hydrogen-bond donors (Lipinski definition) is 1. The van der Waals surface area contributed by atoms with Crippen molar-refractivity contribution in [2.24, 2.45) is 17.6 Å². The van der Waals surface area contributed by atoms with Gasteiger partial charge in [-0.2, -0.15) is 0 Å². The van der Waals surface area contributed by atoms with Gasteiger partial charge in [-0.3, -0.25) is 0 Å². The summed E-state index contributed by atoms with van der Waals surface area (Å²) >= 11 is 2.09. The second-order valence-electron chi connectivity index (χ2n) is 6.68. The molecule has 2 aliphatic rings. The summed E-state index contributed by atoms with van der Waals surface area (Å²) in [7, 11) is 0. The average Bonchev–Trinajstić information content (AvgIpc) is 2.85. The summed E-state index contributed by atoms with van der Waals surface area (Å²) in [5, 5.41) is 0.767. The van der Waals surface area contributed by atoms with E-state index in [1.807, 2.05) is 0 Å². The topological polar surface area (TPSA) is 26.0 Å². The van der Waals surface area contributed by atoms with Crippen LogP contribution in [0.2, 0.25) is 0 Å². The van der Waals surface area contributed by atoms with Crippen LogP contribution in [0.5, 0.6) is 0 Å². The Morgan fingerprint density at radius 2 is 2.10 bits per heavy atom. The van der Waals surface area contributed by atoms with E-state index in [-0.39, 0.29) is 0 Å². The second kappa shape index (κ2) is 6.53. The van der Waals surface area contributed by atoms with Crippen molar-refractivity contribution < 1.29 is 0 Å². The van der Waals surface area contributed by atoms with Crippen LogP contribution in [-0.4, -0.2) is 11.3 Å². The molecule has 20 heavy (non-hydrogen) atoms. The van der Waals surface area contributed by atoms with E-state index in [1.54, 1.807) is 5.56 Å². The molecule has 0 aromatic heterocycles. The fourth-order valence-corrected chi connectivity index (χ4v) is 5.47. The van der Waals surface area contributed by atoms with Gasteiger partial charge in [0.05, 0.1) is 0 Å². The molecule has 1 fully saturated rings. The molecule has 110 valence electrons. The Bertz CT molecular complexity index is 420. The fourth-order valence-electron chi connectivity index (χ4n) is 4.05. The van der Waals surface area contributed by atoms with Crippen LogP contribution in [0.3, 0.4) is 0 Å². The second-order valence-corrected chi connectivity index (χ2v) is 8.02. The first-order valence-corrected chi connectivity index (χ1v) is 9.14. The summed E-state index contributed by atoms with van der Waals surface area (Å²) in [4.78, 5) is 1.51. The highest BCUT2D eigenvalue weighted by atomic mass is 32.2. The molecule has 0 radical (unpaired) electrons. The zero-order valence-corrected chi connectivity index (χ0v) is 13.4. The molecule has 1 nitrogen and oxygen atoms in total. The highest BCUT2D eigenvalue weighted by Gasteiger charge is 2.32. The molecule has 0 amide bonds. The molecule has 0 saturated heterocycles. The van der Waals surface area contributed by atoms with Gasteiger partial charge in [-0.05, 0) is 55.6 Å².